The van der Waals surface area contributed by atoms with Gasteiger partial charge < -0.3 is 4.98 Å². The molecule has 0 saturated heterocycles. The Morgan fingerprint density at radius 1 is 1.33 bits per heavy atom. The predicted octanol–water partition coefficient (Wildman–Crippen LogP) is 3.54. The number of rotatable bonds is 1. The highest BCUT2D eigenvalue weighted by atomic mass is 35.5. The van der Waals surface area contributed by atoms with Crippen molar-refractivity contribution < 1.29 is 0 Å². The summed E-state index contributed by atoms with van der Waals surface area (Å²) in [4.78, 5) is 4.30. The van der Waals surface area contributed by atoms with Crippen molar-refractivity contribution in [3.8, 4) is 0 Å². The van der Waals surface area contributed by atoms with Crippen molar-refractivity contribution in [2.45, 2.75) is 4.90 Å². The predicted molar refractivity (Wildman–Crippen MR) is 55.1 cm³/mol. The highest BCUT2D eigenvalue weighted by molar-refractivity contribution is 7.99. The van der Waals surface area contributed by atoms with Crippen LogP contribution in [0.4, 0.5) is 0 Å². The molecule has 1 nitrogen and oxygen atoms in total. The van der Waals surface area contributed by atoms with Crippen LogP contribution in [0.3, 0.4) is 0 Å². The molecule has 0 saturated carbocycles. The Kier molecular flexibility index (Phi) is 2.03. The third-order valence-corrected chi connectivity index (χ3v) is 3.10. The molecule has 2 rings (SSSR count). The molecular weight excluding hydrogens is 190 g/mol. The van der Waals surface area contributed by atoms with Crippen molar-refractivity contribution in [1.82, 2.24) is 4.98 Å². The second-order valence-corrected chi connectivity index (χ2v) is 3.75. The third-order valence-electron chi connectivity index (χ3n) is 1.84. The number of benzene rings is 1. The van der Waals surface area contributed by atoms with Crippen LogP contribution in [0.5, 0.6) is 0 Å². The summed E-state index contributed by atoms with van der Waals surface area (Å²) in [5.41, 5.74) is 1.13. The van der Waals surface area contributed by atoms with Gasteiger partial charge in [-0.15, -0.1) is 11.8 Å². The number of aromatic nitrogens is 1. The molecule has 1 N–H and O–H groups in total. The molecule has 0 atom stereocenters. The maximum absolute atomic E-state index is 6.02. The van der Waals surface area contributed by atoms with E-state index in [-0.39, 0.29) is 0 Å². The number of halogens is 1. The van der Waals surface area contributed by atoms with E-state index in [1.165, 1.54) is 5.39 Å². The lowest BCUT2D eigenvalue weighted by Gasteiger charge is -2.01. The van der Waals surface area contributed by atoms with E-state index < -0.39 is 0 Å². The number of aromatic amines is 1. The summed E-state index contributed by atoms with van der Waals surface area (Å²) >= 11 is 7.69. The molecule has 62 valence electrons. The molecular formula is C9H8ClNS. The van der Waals surface area contributed by atoms with Gasteiger partial charge in [0.15, 0.2) is 0 Å². The lowest BCUT2D eigenvalue weighted by molar-refractivity contribution is 1.41. The van der Waals surface area contributed by atoms with Crippen molar-refractivity contribution in [3.63, 3.8) is 0 Å². The fraction of sp³-hybridized carbons (Fsp3) is 0.111. The van der Waals surface area contributed by atoms with Gasteiger partial charge in [-0.2, -0.15) is 0 Å². The molecule has 0 aliphatic rings. The number of hydrogen-bond acceptors (Lipinski definition) is 1. The number of fused-ring (bicyclic) bond motifs is 1. The van der Waals surface area contributed by atoms with Crippen LogP contribution in [0.15, 0.2) is 29.3 Å². The van der Waals surface area contributed by atoms with Gasteiger partial charge in [-0.05, 0) is 18.4 Å². The molecule has 1 aromatic carbocycles. The van der Waals surface area contributed by atoms with E-state index in [1.54, 1.807) is 11.8 Å². The third kappa shape index (κ3) is 1.11. The summed E-state index contributed by atoms with van der Waals surface area (Å²) in [6.07, 6.45) is 3.96. The summed E-state index contributed by atoms with van der Waals surface area (Å²) in [6.45, 7) is 0. The van der Waals surface area contributed by atoms with E-state index in [0.29, 0.717) is 0 Å². The lowest BCUT2D eigenvalue weighted by Crippen LogP contribution is -1.76. The smallest absolute Gasteiger partial charge is 0.0607 e. The number of H-pyrrole nitrogens is 1. The van der Waals surface area contributed by atoms with Gasteiger partial charge in [0, 0.05) is 16.5 Å². The van der Waals surface area contributed by atoms with E-state index >= 15 is 0 Å². The Morgan fingerprint density at radius 3 is 2.92 bits per heavy atom. The first-order valence-electron chi connectivity index (χ1n) is 3.62. The molecule has 0 radical (unpaired) electrons. The summed E-state index contributed by atoms with van der Waals surface area (Å²) < 4.78 is 0. The minimum Gasteiger partial charge on any atom is -0.360 e. The van der Waals surface area contributed by atoms with Crippen molar-refractivity contribution >= 4 is 34.3 Å². The zero-order valence-electron chi connectivity index (χ0n) is 6.60. The van der Waals surface area contributed by atoms with Gasteiger partial charge in [0.05, 0.1) is 10.5 Å². The molecule has 0 unspecified atom stereocenters. The van der Waals surface area contributed by atoms with Crippen molar-refractivity contribution in [1.29, 1.82) is 0 Å². The van der Waals surface area contributed by atoms with Crippen LogP contribution in [-0.4, -0.2) is 11.2 Å². The molecule has 0 bridgehead atoms. The zero-order valence-corrected chi connectivity index (χ0v) is 8.17. The van der Waals surface area contributed by atoms with Gasteiger partial charge in [-0.1, -0.05) is 17.7 Å². The summed E-state index contributed by atoms with van der Waals surface area (Å²) in [5.74, 6) is 0. The molecule has 0 amide bonds. The van der Waals surface area contributed by atoms with Gasteiger partial charge in [0.25, 0.3) is 0 Å². The average Bonchev–Trinajstić information content (AvgIpc) is 2.52. The minimum absolute atomic E-state index is 0.817. The van der Waals surface area contributed by atoms with Crippen LogP contribution >= 0.6 is 23.4 Å². The monoisotopic (exact) mass is 197 g/mol. The molecule has 1 aromatic heterocycles. The molecule has 3 heteroatoms. The first kappa shape index (κ1) is 8.02. The van der Waals surface area contributed by atoms with Crippen molar-refractivity contribution in [2.75, 3.05) is 6.26 Å². The molecule has 1 heterocycles. The normalized spacial score (nSPS) is 10.8. The maximum Gasteiger partial charge on any atom is 0.0607 e. The number of hydrogen-bond donors (Lipinski definition) is 1. The van der Waals surface area contributed by atoms with E-state index in [0.717, 1.165) is 15.4 Å². The van der Waals surface area contributed by atoms with Gasteiger partial charge >= 0.3 is 0 Å². The van der Waals surface area contributed by atoms with Gasteiger partial charge in [-0.3, -0.25) is 0 Å². The van der Waals surface area contributed by atoms with Crippen LogP contribution in [0.25, 0.3) is 10.9 Å². The van der Waals surface area contributed by atoms with E-state index in [4.69, 9.17) is 11.6 Å². The van der Waals surface area contributed by atoms with Gasteiger partial charge in [-0.25, -0.2) is 0 Å². The fourth-order valence-corrected chi connectivity index (χ4v) is 2.31. The first-order valence-corrected chi connectivity index (χ1v) is 5.23. The van der Waals surface area contributed by atoms with E-state index in [9.17, 15) is 0 Å². The topological polar surface area (TPSA) is 15.8 Å². The largest absolute Gasteiger partial charge is 0.360 e. The van der Waals surface area contributed by atoms with Crippen LogP contribution in [0, 0.1) is 0 Å². The first-order chi connectivity index (χ1) is 5.83. The molecule has 0 fully saturated rings. The van der Waals surface area contributed by atoms with E-state index in [2.05, 4.69) is 4.98 Å². The summed E-state index contributed by atoms with van der Waals surface area (Å²) in [5, 5.41) is 2.03. The number of thioether (sulfide) groups is 1. The highest BCUT2D eigenvalue weighted by Gasteiger charge is 2.04. The molecule has 0 spiro atoms. The Bertz CT molecular complexity index is 408. The number of nitrogens with one attached hydrogen (secondary N) is 1. The Labute approximate surface area is 80.1 Å². The van der Waals surface area contributed by atoms with Gasteiger partial charge in [0.2, 0.25) is 0 Å². The molecule has 2 aromatic rings. The van der Waals surface area contributed by atoms with E-state index in [1.807, 2.05) is 30.7 Å². The van der Waals surface area contributed by atoms with Gasteiger partial charge in [0.1, 0.15) is 0 Å². The van der Waals surface area contributed by atoms with Crippen LogP contribution < -0.4 is 0 Å². The van der Waals surface area contributed by atoms with Crippen LogP contribution in [0.2, 0.25) is 5.02 Å². The van der Waals surface area contributed by atoms with Crippen molar-refractivity contribution in [2.24, 2.45) is 0 Å². The Hall–Kier alpha value is -0.600. The Morgan fingerprint density at radius 2 is 2.17 bits per heavy atom. The second kappa shape index (κ2) is 3.04. The molecule has 0 aliphatic heterocycles. The zero-order chi connectivity index (χ0) is 8.55. The average molecular weight is 198 g/mol. The summed E-state index contributed by atoms with van der Waals surface area (Å²) in [6, 6.07) is 6.00. The second-order valence-electron chi connectivity index (χ2n) is 2.52. The SMILES string of the molecule is CSc1c(Cl)ccc2cc[nH]c12. The van der Waals surface area contributed by atoms with Crippen LogP contribution in [0.1, 0.15) is 0 Å². The van der Waals surface area contributed by atoms with Crippen molar-refractivity contribution in [3.05, 3.63) is 29.4 Å². The Balaban J connectivity index is 2.83. The fourth-order valence-electron chi connectivity index (χ4n) is 1.27. The lowest BCUT2D eigenvalue weighted by atomic mass is 10.2. The minimum atomic E-state index is 0.817. The quantitative estimate of drug-likeness (QED) is 0.692. The van der Waals surface area contributed by atoms with Crippen LogP contribution in [-0.2, 0) is 0 Å². The molecule has 12 heavy (non-hydrogen) atoms. The molecule has 0 aliphatic carbocycles. The maximum atomic E-state index is 6.02. The summed E-state index contributed by atoms with van der Waals surface area (Å²) in [7, 11) is 0. The standard InChI is InChI=1S/C9H8ClNS/c1-12-9-7(10)3-2-6-4-5-11-8(6)9/h2-5,11H,1H3. The highest BCUT2D eigenvalue weighted by Crippen LogP contribution is 2.31.